The normalized spacial score (nSPS) is 12.0. The minimum Gasteiger partial charge on any atom is -0.496 e. The van der Waals surface area contributed by atoms with Crippen molar-refractivity contribution >= 4 is 23.2 Å². The van der Waals surface area contributed by atoms with E-state index in [1.165, 1.54) is 13.2 Å². The zero-order valence-corrected chi connectivity index (χ0v) is 11.5. The van der Waals surface area contributed by atoms with Gasteiger partial charge in [0.05, 0.1) is 23.4 Å². The number of anilines is 1. The van der Waals surface area contributed by atoms with E-state index in [4.69, 9.17) is 22.1 Å². The van der Waals surface area contributed by atoms with Crippen molar-refractivity contribution in [2.24, 2.45) is 0 Å². The van der Waals surface area contributed by atoms with Crippen LogP contribution in [-0.2, 0) is 0 Å². The molecule has 0 fully saturated rings. The first kappa shape index (κ1) is 14.6. The van der Waals surface area contributed by atoms with E-state index >= 15 is 0 Å². The summed E-state index contributed by atoms with van der Waals surface area (Å²) in [5.41, 5.74) is 6.41. The predicted molar refractivity (Wildman–Crippen MR) is 73.3 cm³/mol. The molecule has 6 heteroatoms. The highest BCUT2D eigenvalue weighted by Gasteiger charge is 2.15. The van der Waals surface area contributed by atoms with Crippen LogP contribution in [-0.4, -0.2) is 32.7 Å². The molecule has 0 spiro atoms. The van der Waals surface area contributed by atoms with E-state index in [9.17, 15) is 4.79 Å². The number of nitrogen functional groups attached to an aromatic ring is 1. The molecule has 0 aliphatic heterocycles. The largest absolute Gasteiger partial charge is 0.496 e. The Morgan fingerprint density at radius 1 is 1.56 bits per heavy atom. The molecule has 1 aromatic carbocycles. The number of halogens is 1. The highest BCUT2D eigenvalue weighted by molar-refractivity contribution is 6.33. The smallest absolute Gasteiger partial charge is 0.255 e. The number of benzene rings is 1. The second-order valence-corrected chi connectivity index (χ2v) is 4.38. The van der Waals surface area contributed by atoms with Crippen molar-refractivity contribution in [2.45, 2.75) is 13.0 Å². The van der Waals surface area contributed by atoms with Gasteiger partial charge in [-0.05, 0) is 20.0 Å². The molecule has 5 nitrogen and oxygen atoms in total. The summed E-state index contributed by atoms with van der Waals surface area (Å²) in [6.45, 7) is 2.48. The van der Waals surface area contributed by atoms with Gasteiger partial charge in [-0.15, -0.1) is 0 Å². The number of hydrogen-bond donors (Lipinski definition) is 3. The van der Waals surface area contributed by atoms with Crippen LogP contribution in [0.25, 0.3) is 0 Å². The van der Waals surface area contributed by atoms with Gasteiger partial charge in [-0.25, -0.2) is 0 Å². The van der Waals surface area contributed by atoms with Crippen molar-refractivity contribution in [2.75, 3.05) is 26.4 Å². The molecule has 0 aromatic heterocycles. The van der Waals surface area contributed by atoms with Crippen LogP contribution in [0.5, 0.6) is 5.75 Å². The molecule has 1 atom stereocenters. The van der Waals surface area contributed by atoms with E-state index in [1.807, 2.05) is 14.0 Å². The van der Waals surface area contributed by atoms with Crippen molar-refractivity contribution in [3.63, 3.8) is 0 Å². The van der Waals surface area contributed by atoms with E-state index in [1.54, 1.807) is 6.07 Å². The van der Waals surface area contributed by atoms with Gasteiger partial charge in [-0.2, -0.15) is 0 Å². The van der Waals surface area contributed by atoms with Gasteiger partial charge in [-0.1, -0.05) is 11.6 Å². The number of rotatable bonds is 5. The van der Waals surface area contributed by atoms with Crippen molar-refractivity contribution < 1.29 is 9.53 Å². The third-order valence-corrected chi connectivity index (χ3v) is 2.95. The van der Waals surface area contributed by atoms with Crippen LogP contribution in [0.15, 0.2) is 12.1 Å². The first-order valence-electron chi connectivity index (χ1n) is 5.58. The maximum absolute atomic E-state index is 12.0. The van der Waals surface area contributed by atoms with Crippen molar-refractivity contribution in [1.29, 1.82) is 0 Å². The monoisotopic (exact) mass is 271 g/mol. The molecule has 0 radical (unpaired) electrons. The number of ether oxygens (including phenoxy) is 1. The molecule has 0 heterocycles. The summed E-state index contributed by atoms with van der Waals surface area (Å²) in [6, 6.07) is 3.23. The highest BCUT2D eigenvalue weighted by atomic mass is 35.5. The minimum absolute atomic E-state index is 0.184. The van der Waals surface area contributed by atoms with Gasteiger partial charge >= 0.3 is 0 Å². The van der Waals surface area contributed by atoms with E-state index in [2.05, 4.69) is 10.6 Å². The average Bonchev–Trinajstić information content (AvgIpc) is 2.37. The minimum atomic E-state index is -0.240. The zero-order chi connectivity index (χ0) is 13.7. The molecule has 1 amide bonds. The molecule has 0 bridgehead atoms. The standard InChI is InChI=1S/C12H18ClN3O2/c1-7(15-2)6-16-12(17)8-4-9(13)10(14)5-11(8)18-3/h4-5,7,15H,6,14H2,1-3H3,(H,16,17). The van der Waals surface area contributed by atoms with Crippen LogP contribution in [0.4, 0.5) is 5.69 Å². The highest BCUT2D eigenvalue weighted by Crippen LogP contribution is 2.28. The number of nitrogens with one attached hydrogen (secondary N) is 2. The van der Waals surface area contributed by atoms with E-state index in [0.717, 1.165) is 0 Å². The molecule has 0 saturated heterocycles. The molecule has 0 saturated carbocycles. The van der Waals surface area contributed by atoms with Crippen LogP contribution < -0.4 is 21.1 Å². The third kappa shape index (κ3) is 3.51. The van der Waals surface area contributed by atoms with Gasteiger partial charge in [0.2, 0.25) is 0 Å². The first-order valence-corrected chi connectivity index (χ1v) is 5.95. The van der Waals surface area contributed by atoms with Gasteiger partial charge < -0.3 is 21.1 Å². The second-order valence-electron chi connectivity index (χ2n) is 3.97. The number of carbonyl (C=O) groups is 1. The third-order valence-electron chi connectivity index (χ3n) is 2.63. The fraction of sp³-hybridized carbons (Fsp3) is 0.417. The number of methoxy groups -OCH3 is 1. The Balaban J connectivity index is 2.87. The lowest BCUT2D eigenvalue weighted by Gasteiger charge is -2.14. The van der Waals surface area contributed by atoms with Crippen LogP contribution >= 0.6 is 11.6 Å². The molecule has 1 rings (SSSR count). The number of likely N-dealkylation sites (N-methyl/N-ethyl adjacent to an activating group) is 1. The lowest BCUT2D eigenvalue weighted by molar-refractivity contribution is 0.0947. The van der Waals surface area contributed by atoms with Crippen LogP contribution in [0.3, 0.4) is 0 Å². The summed E-state index contributed by atoms with van der Waals surface area (Å²) < 4.78 is 5.12. The van der Waals surface area contributed by atoms with Crippen LogP contribution in [0.1, 0.15) is 17.3 Å². The second kappa shape index (κ2) is 6.47. The van der Waals surface area contributed by atoms with Gasteiger partial charge in [0.1, 0.15) is 5.75 Å². The molecule has 100 valence electrons. The van der Waals surface area contributed by atoms with Gasteiger partial charge in [-0.3, -0.25) is 4.79 Å². The Morgan fingerprint density at radius 3 is 2.78 bits per heavy atom. The summed E-state index contributed by atoms with van der Waals surface area (Å²) in [5, 5.41) is 6.15. The Kier molecular flexibility index (Phi) is 5.25. The Bertz CT molecular complexity index is 438. The van der Waals surface area contributed by atoms with Crippen LogP contribution in [0.2, 0.25) is 5.02 Å². The maximum Gasteiger partial charge on any atom is 0.255 e. The Labute approximate surface area is 112 Å². The lowest BCUT2D eigenvalue weighted by Crippen LogP contribution is -2.37. The predicted octanol–water partition coefficient (Wildman–Crippen LogP) is 1.27. The molecule has 0 aliphatic rings. The number of amides is 1. The Morgan fingerprint density at radius 2 is 2.22 bits per heavy atom. The lowest BCUT2D eigenvalue weighted by atomic mass is 10.1. The van der Waals surface area contributed by atoms with Crippen molar-refractivity contribution in [3.05, 3.63) is 22.7 Å². The summed E-state index contributed by atoms with van der Waals surface area (Å²) in [4.78, 5) is 12.0. The molecule has 1 aromatic rings. The molecular formula is C12H18ClN3O2. The maximum atomic E-state index is 12.0. The Hall–Kier alpha value is -1.46. The fourth-order valence-electron chi connectivity index (χ4n) is 1.36. The van der Waals surface area contributed by atoms with Gasteiger partial charge in [0, 0.05) is 18.7 Å². The van der Waals surface area contributed by atoms with E-state index in [0.29, 0.717) is 28.6 Å². The van der Waals surface area contributed by atoms with Gasteiger partial charge in [0.25, 0.3) is 5.91 Å². The number of hydrogen-bond acceptors (Lipinski definition) is 4. The van der Waals surface area contributed by atoms with Gasteiger partial charge in [0.15, 0.2) is 0 Å². The summed E-state index contributed by atoms with van der Waals surface area (Å²) in [7, 11) is 3.31. The van der Waals surface area contributed by atoms with E-state index < -0.39 is 0 Å². The van der Waals surface area contributed by atoms with Crippen molar-refractivity contribution in [3.8, 4) is 5.75 Å². The number of carbonyl (C=O) groups excluding carboxylic acids is 1. The molecule has 18 heavy (non-hydrogen) atoms. The quantitative estimate of drug-likeness (QED) is 0.705. The number of nitrogens with two attached hydrogens (primary N) is 1. The summed E-state index contributed by atoms with van der Waals surface area (Å²) in [5.74, 6) is 0.169. The van der Waals surface area contributed by atoms with E-state index in [-0.39, 0.29) is 11.9 Å². The molecule has 4 N–H and O–H groups in total. The summed E-state index contributed by atoms with van der Waals surface area (Å²) >= 11 is 5.90. The molecular weight excluding hydrogens is 254 g/mol. The topological polar surface area (TPSA) is 76.4 Å². The van der Waals surface area contributed by atoms with Crippen LogP contribution in [0, 0.1) is 0 Å². The SMILES string of the molecule is CNC(C)CNC(=O)c1cc(Cl)c(N)cc1OC. The summed E-state index contributed by atoms with van der Waals surface area (Å²) in [6.07, 6.45) is 0. The molecule has 0 aliphatic carbocycles. The first-order chi connectivity index (χ1) is 8.49. The molecule has 1 unspecified atom stereocenters. The van der Waals surface area contributed by atoms with Crippen molar-refractivity contribution in [1.82, 2.24) is 10.6 Å². The average molecular weight is 272 g/mol. The zero-order valence-electron chi connectivity index (χ0n) is 10.7. The fourth-order valence-corrected chi connectivity index (χ4v) is 1.52.